The molecule has 1 aliphatic heterocycles. The summed E-state index contributed by atoms with van der Waals surface area (Å²) in [6.07, 6.45) is 8.15. The molecule has 2 bridgehead atoms. The van der Waals surface area contributed by atoms with Gasteiger partial charge in [0.1, 0.15) is 6.10 Å². The van der Waals surface area contributed by atoms with E-state index in [1.165, 1.54) is 20.5 Å². The molecule has 2 heterocycles. The first kappa shape index (κ1) is 11.9. The molecular weight excluding hydrogens is 268 g/mol. The van der Waals surface area contributed by atoms with Gasteiger partial charge in [-0.15, -0.1) is 11.3 Å². The van der Waals surface area contributed by atoms with Crippen molar-refractivity contribution < 1.29 is 9.53 Å². The molecule has 2 aromatic rings. The van der Waals surface area contributed by atoms with Gasteiger partial charge in [0.15, 0.2) is 0 Å². The van der Waals surface area contributed by atoms with E-state index in [1.807, 2.05) is 0 Å². The first-order valence-corrected chi connectivity index (χ1v) is 7.67. The van der Waals surface area contributed by atoms with Crippen molar-refractivity contribution >= 4 is 33.5 Å². The van der Waals surface area contributed by atoms with Crippen molar-refractivity contribution in [2.24, 2.45) is 5.92 Å². The molecule has 1 saturated heterocycles. The Kier molecular flexibility index (Phi) is 2.74. The number of hydrogen-bond acceptors (Lipinski definition) is 3. The summed E-state index contributed by atoms with van der Waals surface area (Å²) in [7, 11) is 0. The third-order valence-corrected chi connectivity index (χ3v) is 4.97. The standard InChI is InChI=1S/C17H14O2S/c18-17-13-7-11(8-14(9-13)19-17)5-6-15-10-12-3-1-2-4-16(12)20-15/h1-7,10,13-14H,8-9H2/b6-5+/t13-,14+/m1/s1. The van der Waals surface area contributed by atoms with Crippen molar-refractivity contribution in [1.29, 1.82) is 0 Å². The number of carbonyl (C=O) groups is 1. The minimum Gasteiger partial charge on any atom is -0.462 e. The summed E-state index contributed by atoms with van der Waals surface area (Å²) in [5, 5.41) is 1.29. The molecule has 4 rings (SSSR count). The van der Waals surface area contributed by atoms with E-state index in [9.17, 15) is 4.79 Å². The zero-order chi connectivity index (χ0) is 13.5. The minimum atomic E-state index is -0.0553. The summed E-state index contributed by atoms with van der Waals surface area (Å²) in [5.74, 6) is -0.0731. The molecule has 0 amide bonds. The lowest BCUT2D eigenvalue weighted by atomic mass is 9.91. The van der Waals surface area contributed by atoms with Gasteiger partial charge in [-0.05, 0) is 29.2 Å². The van der Waals surface area contributed by atoms with Gasteiger partial charge >= 0.3 is 5.97 Å². The maximum absolute atomic E-state index is 11.5. The molecule has 0 N–H and O–H groups in total. The highest BCUT2D eigenvalue weighted by molar-refractivity contribution is 7.19. The van der Waals surface area contributed by atoms with Crippen LogP contribution in [0.15, 0.2) is 48.1 Å². The number of esters is 1. The van der Waals surface area contributed by atoms with E-state index in [0.717, 1.165) is 12.8 Å². The van der Waals surface area contributed by atoms with Crippen molar-refractivity contribution in [2.75, 3.05) is 0 Å². The Morgan fingerprint density at radius 2 is 2.15 bits per heavy atom. The number of fused-ring (bicyclic) bond motifs is 3. The molecule has 2 aliphatic rings. The van der Waals surface area contributed by atoms with E-state index in [2.05, 4.69) is 48.6 Å². The largest absolute Gasteiger partial charge is 0.462 e. The van der Waals surface area contributed by atoms with Crippen LogP contribution in [0.5, 0.6) is 0 Å². The van der Waals surface area contributed by atoms with Crippen LogP contribution in [0.4, 0.5) is 0 Å². The Hall–Kier alpha value is -1.87. The summed E-state index contributed by atoms with van der Waals surface area (Å²) < 4.78 is 6.60. The zero-order valence-electron chi connectivity index (χ0n) is 10.9. The third-order valence-electron chi connectivity index (χ3n) is 3.89. The summed E-state index contributed by atoms with van der Waals surface area (Å²) in [6, 6.07) is 10.6. The SMILES string of the molecule is O=C1O[C@H]2CC(/C=C/c3cc4ccccc4s3)=C[C@@H]1C2. The molecule has 3 heteroatoms. The number of hydrogen-bond donors (Lipinski definition) is 0. The molecule has 1 aliphatic carbocycles. The Bertz CT molecular complexity index is 705. The quantitative estimate of drug-likeness (QED) is 0.772. The van der Waals surface area contributed by atoms with Crippen molar-refractivity contribution in [1.82, 2.24) is 0 Å². The predicted octanol–water partition coefficient (Wildman–Crippen LogP) is 4.18. The average molecular weight is 282 g/mol. The van der Waals surface area contributed by atoms with Gasteiger partial charge in [0, 0.05) is 22.4 Å². The Balaban J connectivity index is 1.59. The van der Waals surface area contributed by atoms with E-state index in [1.54, 1.807) is 11.3 Å². The van der Waals surface area contributed by atoms with Gasteiger partial charge in [-0.2, -0.15) is 0 Å². The Morgan fingerprint density at radius 3 is 3.00 bits per heavy atom. The van der Waals surface area contributed by atoms with Gasteiger partial charge in [0.05, 0.1) is 5.92 Å². The van der Waals surface area contributed by atoms with Gasteiger partial charge < -0.3 is 4.74 Å². The molecule has 2 atom stereocenters. The van der Waals surface area contributed by atoms with Crippen LogP contribution in [0.25, 0.3) is 16.2 Å². The lowest BCUT2D eigenvalue weighted by Crippen LogP contribution is -2.09. The van der Waals surface area contributed by atoms with E-state index in [0.29, 0.717) is 0 Å². The molecule has 0 saturated carbocycles. The molecule has 0 unspecified atom stereocenters. The van der Waals surface area contributed by atoms with Crippen molar-refractivity contribution in [3.05, 3.63) is 52.9 Å². The highest BCUT2D eigenvalue weighted by Gasteiger charge is 2.36. The lowest BCUT2D eigenvalue weighted by molar-refractivity contribution is -0.142. The summed E-state index contributed by atoms with van der Waals surface area (Å²) >= 11 is 1.79. The number of benzene rings is 1. The number of thiophene rings is 1. The predicted molar refractivity (Wildman–Crippen MR) is 81.5 cm³/mol. The number of ether oxygens (including phenoxy) is 1. The van der Waals surface area contributed by atoms with Crippen LogP contribution in [0.1, 0.15) is 17.7 Å². The molecule has 1 aromatic carbocycles. The minimum absolute atomic E-state index is 0.0178. The molecule has 20 heavy (non-hydrogen) atoms. The van der Waals surface area contributed by atoms with Gasteiger partial charge in [0.25, 0.3) is 0 Å². The first-order chi connectivity index (χ1) is 9.78. The second-order valence-corrected chi connectivity index (χ2v) is 6.48. The second-order valence-electron chi connectivity index (χ2n) is 5.37. The molecular formula is C17H14O2S. The highest BCUT2D eigenvalue weighted by atomic mass is 32.1. The molecule has 0 spiro atoms. The average Bonchev–Trinajstić information content (AvgIpc) is 2.97. The first-order valence-electron chi connectivity index (χ1n) is 6.86. The van der Waals surface area contributed by atoms with Crippen molar-refractivity contribution in [3.8, 4) is 0 Å². The van der Waals surface area contributed by atoms with Crippen molar-refractivity contribution in [2.45, 2.75) is 18.9 Å². The molecule has 0 radical (unpaired) electrons. The monoisotopic (exact) mass is 282 g/mol. The lowest BCUT2D eigenvalue weighted by Gasteiger charge is -2.13. The fourth-order valence-corrected chi connectivity index (χ4v) is 3.89. The fraction of sp³-hybridized carbons (Fsp3) is 0.235. The van der Waals surface area contributed by atoms with Crippen LogP contribution in [-0.4, -0.2) is 12.1 Å². The smallest absolute Gasteiger partial charge is 0.313 e. The van der Waals surface area contributed by atoms with Crippen LogP contribution in [0.2, 0.25) is 0 Å². The van der Waals surface area contributed by atoms with Crippen LogP contribution in [0, 0.1) is 5.92 Å². The Morgan fingerprint density at radius 1 is 1.25 bits per heavy atom. The maximum Gasteiger partial charge on any atom is 0.313 e. The maximum atomic E-state index is 11.5. The molecule has 1 fully saturated rings. The molecule has 1 aromatic heterocycles. The van der Waals surface area contributed by atoms with E-state index in [-0.39, 0.29) is 18.0 Å². The normalized spacial score (nSPS) is 25.2. The number of rotatable bonds is 2. The van der Waals surface area contributed by atoms with E-state index < -0.39 is 0 Å². The number of allylic oxidation sites excluding steroid dienone is 1. The van der Waals surface area contributed by atoms with Gasteiger partial charge in [-0.3, -0.25) is 4.79 Å². The van der Waals surface area contributed by atoms with Gasteiger partial charge in [0.2, 0.25) is 0 Å². The fourth-order valence-electron chi connectivity index (χ4n) is 2.93. The van der Waals surface area contributed by atoms with Crippen LogP contribution >= 0.6 is 11.3 Å². The zero-order valence-corrected chi connectivity index (χ0v) is 11.7. The summed E-state index contributed by atoms with van der Waals surface area (Å²) in [6.45, 7) is 0. The highest BCUT2D eigenvalue weighted by Crippen LogP contribution is 2.34. The van der Waals surface area contributed by atoms with Crippen LogP contribution in [-0.2, 0) is 9.53 Å². The van der Waals surface area contributed by atoms with Crippen LogP contribution < -0.4 is 0 Å². The van der Waals surface area contributed by atoms with E-state index >= 15 is 0 Å². The molecule has 2 nitrogen and oxygen atoms in total. The third kappa shape index (κ3) is 2.08. The van der Waals surface area contributed by atoms with Crippen molar-refractivity contribution in [3.63, 3.8) is 0 Å². The van der Waals surface area contributed by atoms with Gasteiger partial charge in [-0.25, -0.2) is 0 Å². The summed E-state index contributed by atoms with van der Waals surface area (Å²) in [5.41, 5.74) is 1.22. The topological polar surface area (TPSA) is 26.3 Å². The number of carbonyl (C=O) groups excluding carboxylic acids is 1. The molecule has 100 valence electrons. The van der Waals surface area contributed by atoms with Gasteiger partial charge in [-0.1, -0.05) is 30.4 Å². The second kappa shape index (κ2) is 4.60. The Labute approximate surface area is 121 Å². The van der Waals surface area contributed by atoms with Crippen LogP contribution in [0.3, 0.4) is 0 Å². The van der Waals surface area contributed by atoms with E-state index in [4.69, 9.17) is 4.74 Å². The summed E-state index contributed by atoms with van der Waals surface area (Å²) in [4.78, 5) is 12.8.